The van der Waals surface area contributed by atoms with Crippen LogP contribution in [0.5, 0.6) is 5.75 Å². The second kappa shape index (κ2) is 9.43. The number of ketones is 1. The number of hydrogen-bond donors (Lipinski definition) is 1. The van der Waals surface area contributed by atoms with Crippen molar-refractivity contribution in [3.63, 3.8) is 0 Å². The summed E-state index contributed by atoms with van der Waals surface area (Å²) in [7, 11) is 1.63. The zero-order valence-corrected chi connectivity index (χ0v) is 18.5. The summed E-state index contributed by atoms with van der Waals surface area (Å²) in [6, 6.07) is 9.64. The summed E-state index contributed by atoms with van der Waals surface area (Å²) in [6.45, 7) is 10.2. The summed E-state index contributed by atoms with van der Waals surface area (Å²) in [5, 5.41) is 3.41. The number of hydrogen-bond acceptors (Lipinski definition) is 4. The highest BCUT2D eigenvalue weighted by atomic mass is 19.1. The molecule has 5 heteroatoms. The zero-order chi connectivity index (χ0) is 21.8. The van der Waals surface area contributed by atoms with Gasteiger partial charge in [-0.15, -0.1) is 0 Å². The lowest BCUT2D eigenvalue weighted by atomic mass is 9.95. The van der Waals surface area contributed by atoms with E-state index in [1.54, 1.807) is 19.3 Å². The molecule has 0 unspecified atom stereocenters. The minimum absolute atomic E-state index is 0.0963. The van der Waals surface area contributed by atoms with Crippen molar-refractivity contribution in [1.82, 2.24) is 5.32 Å². The van der Waals surface area contributed by atoms with E-state index in [-0.39, 0.29) is 11.6 Å². The first-order valence-electron chi connectivity index (χ1n) is 10.5. The molecule has 160 valence electrons. The van der Waals surface area contributed by atoms with Gasteiger partial charge in [-0.25, -0.2) is 4.39 Å². The number of rotatable bonds is 6. The van der Waals surface area contributed by atoms with Gasteiger partial charge in [0.2, 0.25) is 0 Å². The number of nitrogens with zero attached hydrogens (tertiary/aromatic N) is 1. The van der Waals surface area contributed by atoms with Gasteiger partial charge in [0.15, 0.2) is 5.78 Å². The molecule has 1 atom stereocenters. The van der Waals surface area contributed by atoms with Gasteiger partial charge < -0.3 is 15.0 Å². The van der Waals surface area contributed by atoms with Crippen LogP contribution < -0.4 is 15.0 Å². The van der Waals surface area contributed by atoms with Crippen LogP contribution in [0.4, 0.5) is 10.1 Å². The van der Waals surface area contributed by atoms with Crippen molar-refractivity contribution >= 4 is 23.1 Å². The fourth-order valence-corrected chi connectivity index (χ4v) is 4.02. The summed E-state index contributed by atoms with van der Waals surface area (Å²) in [5.74, 6) is 0.390. The van der Waals surface area contributed by atoms with Gasteiger partial charge in [0.1, 0.15) is 11.6 Å². The van der Waals surface area contributed by atoms with Crippen LogP contribution in [0.3, 0.4) is 0 Å². The number of methoxy groups -OCH3 is 1. The SMILES string of the molecule is CCc1cc(/C(=C/c2c(C)cc(N3CCN[C@@H](C)C3)cc2F)C(C)=O)ccc1OC. The Bertz CT molecular complexity index is 945. The topological polar surface area (TPSA) is 41.6 Å². The lowest BCUT2D eigenvalue weighted by molar-refractivity contribution is -0.111. The van der Waals surface area contributed by atoms with E-state index in [9.17, 15) is 4.79 Å². The third-order valence-corrected chi connectivity index (χ3v) is 5.70. The molecule has 1 aliphatic heterocycles. The number of piperazine rings is 1. The molecule has 3 rings (SSSR count). The predicted molar refractivity (Wildman–Crippen MR) is 122 cm³/mol. The van der Waals surface area contributed by atoms with Gasteiger partial charge in [-0.1, -0.05) is 13.0 Å². The van der Waals surface area contributed by atoms with E-state index < -0.39 is 0 Å². The number of halogens is 1. The summed E-state index contributed by atoms with van der Waals surface area (Å²) in [4.78, 5) is 14.6. The summed E-state index contributed by atoms with van der Waals surface area (Å²) in [5.41, 5.74) is 4.46. The van der Waals surface area contributed by atoms with E-state index in [1.165, 1.54) is 6.92 Å². The molecule has 1 heterocycles. The predicted octanol–water partition coefficient (Wildman–Crippen LogP) is 4.63. The van der Waals surface area contributed by atoms with Gasteiger partial charge in [0.25, 0.3) is 0 Å². The largest absolute Gasteiger partial charge is 0.496 e. The molecule has 4 nitrogen and oxygen atoms in total. The van der Waals surface area contributed by atoms with Gasteiger partial charge in [0.05, 0.1) is 7.11 Å². The van der Waals surface area contributed by atoms with Crippen LogP contribution in [-0.4, -0.2) is 38.6 Å². The monoisotopic (exact) mass is 410 g/mol. The number of benzene rings is 2. The fraction of sp³-hybridized carbons (Fsp3) is 0.400. The second-order valence-corrected chi connectivity index (χ2v) is 7.95. The number of carbonyl (C=O) groups excluding carboxylic acids is 1. The number of allylic oxidation sites excluding steroid dienone is 1. The molecule has 1 N–H and O–H groups in total. The first kappa shape index (κ1) is 22.0. The van der Waals surface area contributed by atoms with E-state index in [4.69, 9.17) is 4.74 Å². The van der Waals surface area contributed by atoms with Crippen LogP contribution in [0.15, 0.2) is 30.3 Å². The maximum atomic E-state index is 15.1. The Morgan fingerprint density at radius 3 is 2.70 bits per heavy atom. The Kier molecular flexibility index (Phi) is 6.93. The molecule has 0 amide bonds. The van der Waals surface area contributed by atoms with Gasteiger partial charge in [-0.3, -0.25) is 4.79 Å². The molecule has 0 aromatic heterocycles. The maximum absolute atomic E-state index is 15.1. The van der Waals surface area contributed by atoms with E-state index >= 15 is 4.39 Å². The molecule has 30 heavy (non-hydrogen) atoms. The number of nitrogens with one attached hydrogen (secondary N) is 1. The Balaban J connectivity index is 2.01. The van der Waals surface area contributed by atoms with Crippen LogP contribution in [-0.2, 0) is 11.2 Å². The van der Waals surface area contributed by atoms with E-state index in [2.05, 4.69) is 17.1 Å². The van der Waals surface area contributed by atoms with Crippen molar-refractivity contribution in [3.8, 4) is 5.75 Å². The van der Waals surface area contributed by atoms with Crippen molar-refractivity contribution in [1.29, 1.82) is 0 Å². The molecule has 0 bridgehead atoms. The standard InChI is InChI=1S/C25H31FN2O2/c1-6-19-12-20(7-8-25(19)30-5)23(18(4)29)14-22-16(2)11-21(13-24(22)26)28-10-9-27-17(3)15-28/h7-8,11-14,17,27H,6,9-10,15H2,1-5H3/b23-14+/t17-/m0/s1. The number of aryl methyl sites for hydroxylation is 2. The third kappa shape index (κ3) is 4.73. The molecule has 0 spiro atoms. The Morgan fingerprint density at radius 2 is 2.10 bits per heavy atom. The normalized spacial score (nSPS) is 17.2. The molecule has 0 saturated carbocycles. The molecule has 1 fully saturated rings. The molecule has 1 saturated heterocycles. The lowest BCUT2D eigenvalue weighted by Gasteiger charge is -2.34. The smallest absolute Gasteiger partial charge is 0.160 e. The molecule has 2 aromatic carbocycles. The molecular weight excluding hydrogens is 379 g/mol. The molecule has 0 aliphatic carbocycles. The van der Waals surface area contributed by atoms with Crippen LogP contribution in [0.2, 0.25) is 0 Å². The number of Topliss-reactive ketones (excluding diaryl/α,β-unsaturated/α-hetero) is 1. The van der Waals surface area contributed by atoms with E-state index in [1.807, 2.05) is 38.1 Å². The fourth-order valence-electron chi connectivity index (χ4n) is 4.02. The van der Waals surface area contributed by atoms with E-state index in [0.29, 0.717) is 17.2 Å². The van der Waals surface area contributed by atoms with Crippen LogP contribution in [0.1, 0.15) is 43.0 Å². The van der Waals surface area contributed by atoms with Crippen molar-refractivity contribution in [2.75, 3.05) is 31.6 Å². The minimum Gasteiger partial charge on any atom is -0.496 e. The molecule has 0 radical (unpaired) electrons. The average Bonchev–Trinajstić information content (AvgIpc) is 2.72. The number of ether oxygens (including phenoxy) is 1. The van der Waals surface area contributed by atoms with E-state index in [0.717, 1.165) is 54.2 Å². The lowest BCUT2D eigenvalue weighted by Crippen LogP contribution is -2.49. The maximum Gasteiger partial charge on any atom is 0.160 e. The van der Waals surface area contributed by atoms with Gasteiger partial charge in [-0.2, -0.15) is 0 Å². The van der Waals surface area contributed by atoms with Gasteiger partial charge >= 0.3 is 0 Å². The number of anilines is 1. The highest BCUT2D eigenvalue weighted by Gasteiger charge is 2.19. The highest BCUT2D eigenvalue weighted by molar-refractivity contribution is 6.24. The first-order chi connectivity index (χ1) is 14.3. The van der Waals surface area contributed by atoms with Crippen molar-refractivity contribution in [2.45, 2.75) is 40.2 Å². The van der Waals surface area contributed by atoms with Crippen LogP contribution >= 0.6 is 0 Å². The minimum atomic E-state index is -0.306. The van der Waals surface area contributed by atoms with Gasteiger partial charge in [0, 0.05) is 42.5 Å². The second-order valence-electron chi connectivity index (χ2n) is 7.95. The molecular formula is C25H31FN2O2. The van der Waals surface area contributed by atoms with Crippen molar-refractivity contribution in [2.24, 2.45) is 0 Å². The highest BCUT2D eigenvalue weighted by Crippen LogP contribution is 2.30. The van der Waals surface area contributed by atoms with Crippen LogP contribution in [0.25, 0.3) is 11.6 Å². The Morgan fingerprint density at radius 1 is 1.33 bits per heavy atom. The first-order valence-corrected chi connectivity index (χ1v) is 10.5. The van der Waals surface area contributed by atoms with Crippen molar-refractivity contribution in [3.05, 3.63) is 58.4 Å². The van der Waals surface area contributed by atoms with Gasteiger partial charge in [-0.05, 0) is 74.2 Å². The summed E-state index contributed by atoms with van der Waals surface area (Å²) < 4.78 is 20.5. The Labute approximate surface area is 178 Å². The number of carbonyl (C=O) groups is 1. The quantitative estimate of drug-likeness (QED) is 0.557. The third-order valence-electron chi connectivity index (χ3n) is 5.70. The average molecular weight is 411 g/mol. The van der Waals surface area contributed by atoms with Crippen LogP contribution in [0, 0.1) is 12.7 Å². The molecule has 2 aromatic rings. The Hall–Kier alpha value is -2.66. The molecule has 1 aliphatic rings. The summed E-state index contributed by atoms with van der Waals surface area (Å²) in [6.07, 6.45) is 2.46. The summed E-state index contributed by atoms with van der Waals surface area (Å²) >= 11 is 0. The zero-order valence-electron chi connectivity index (χ0n) is 18.5. The van der Waals surface area contributed by atoms with Crippen molar-refractivity contribution < 1.29 is 13.9 Å².